The largest absolute Gasteiger partial charge is 0.507 e. The summed E-state index contributed by atoms with van der Waals surface area (Å²) in [6, 6.07) is -0.810. The molecule has 23 heteroatoms. The molecule has 1 aliphatic carbocycles. The molecule has 5 heterocycles. The first kappa shape index (κ1) is 60.4. The van der Waals surface area contributed by atoms with Crippen molar-refractivity contribution in [1.82, 2.24) is 9.58 Å². The number of allylic oxidation sites excluding steroid dienone is 2. The molecule has 1 saturated carbocycles. The average molecular weight is 1140 g/mol. The van der Waals surface area contributed by atoms with Crippen molar-refractivity contribution < 1.29 is 77.9 Å². The Morgan fingerprint density at radius 2 is 1.71 bits per heavy atom. The maximum atomic E-state index is 16.6. The molecule has 5 aliphatic rings. The maximum absolute atomic E-state index is 16.6. The Bertz CT molecular complexity index is 3410. The number of Topliss-reactive ketones (excluding diaryl/α,β-unsaturated/α-hetero) is 1. The van der Waals surface area contributed by atoms with Crippen LogP contribution in [-0.2, 0) is 23.8 Å². The quantitative estimate of drug-likeness (QED) is 0.0261. The second kappa shape index (κ2) is 23.6. The van der Waals surface area contributed by atoms with Crippen molar-refractivity contribution in [3.05, 3.63) is 86.7 Å². The van der Waals surface area contributed by atoms with E-state index >= 15 is 4.39 Å². The first-order valence-corrected chi connectivity index (χ1v) is 27.2. The Labute approximate surface area is 472 Å². The molecule has 1 unspecified atom stereocenters. The minimum Gasteiger partial charge on any atom is -0.507 e. The van der Waals surface area contributed by atoms with Crippen LogP contribution in [0.5, 0.6) is 28.7 Å². The zero-order chi connectivity index (χ0) is 60.1. The number of carboxylic acid groups (broad SMARTS) is 1. The number of amides is 1. The maximum Gasteiger partial charge on any atom is 0.341 e. The predicted octanol–water partition coefficient (Wildman–Crippen LogP) is 6.51. The van der Waals surface area contributed by atoms with Gasteiger partial charge in [-0.3, -0.25) is 24.2 Å². The summed E-state index contributed by atoms with van der Waals surface area (Å²) in [4.78, 5) is 68.9. The van der Waals surface area contributed by atoms with Crippen LogP contribution in [0.2, 0.25) is 0 Å². The molecule has 9 N–H and O–H groups in total. The van der Waals surface area contributed by atoms with E-state index in [0.29, 0.717) is 19.3 Å². The molecular weight excluding hydrogens is 1070 g/mol. The van der Waals surface area contributed by atoms with E-state index in [0.717, 1.165) is 12.3 Å². The second-order valence-corrected chi connectivity index (χ2v) is 22.4. The number of carboxylic acids is 1. The molecule has 442 valence electrons. The van der Waals surface area contributed by atoms with Gasteiger partial charge < -0.3 is 74.8 Å². The van der Waals surface area contributed by atoms with E-state index in [2.05, 4.69) is 5.32 Å². The third-order valence-corrected chi connectivity index (χ3v) is 16.1. The number of pyridine rings is 1. The standard InChI is InChI=1S/C59H73FN6O16/c1-26(2)23-66(34-17-19-64(24-34)46-38(60)21-35-45(55(46)79-11)65(33-15-16-33)25-37(50(35)71)58(76)77)62-22-36-44-52(73)41-40(51(36)72)42-54(30(6)48(41)69)82-59(9,56(42)74)80-20-18-39(78-10)29(5)53(81-32(8)67)31(7)49(70)43(61)47(68)27(3)13-12-14-28(4)57(75)63-44/h12-14,18,20-22,25-27,29,31,33-34,39,43,47,49,53,68-70,72-73H,15-17,19,23-24,61H2,1-11H3,(H,63,75)(H,76,77)/b13-12+,20-18+,28-14-,62-22+/t27-,29+,31+,34?,39-,43+,47-,49-,53+,59-/m0/s1. The summed E-state index contributed by atoms with van der Waals surface area (Å²) in [6.07, 6.45) is 6.63. The van der Waals surface area contributed by atoms with Crippen LogP contribution in [0.1, 0.15) is 113 Å². The second-order valence-electron chi connectivity index (χ2n) is 22.4. The van der Waals surface area contributed by atoms with Gasteiger partial charge in [0.15, 0.2) is 17.3 Å². The van der Waals surface area contributed by atoms with Crippen molar-refractivity contribution in [2.75, 3.05) is 44.1 Å². The van der Waals surface area contributed by atoms with Crippen molar-refractivity contribution in [2.24, 2.45) is 34.5 Å². The van der Waals surface area contributed by atoms with Crippen LogP contribution >= 0.6 is 0 Å². The number of ether oxygens (including phenoxy) is 5. The fourth-order valence-electron chi connectivity index (χ4n) is 11.3. The number of esters is 1. The number of phenolic OH excluding ortho intramolecular Hbond substituents is 3. The number of fused-ring (bicyclic) bond motifs is 15. The number of hydrogen-bond acceptors (Lipinski definition) is 19. The molecule has 5 bridgehead atoms. The van der Waals surface area contributed by atoms with Crippen molar-refractivity contribution in [2.45, 2.75) is 130 Å². The number of hydrazone groups is 1. The Balaban J connectivity index is 1.24. The van der Waals surface area contributed by atoms with Gasteiger partial charge in [-0.25, -0.2) is 9.18 Å². The van der Waals surface area contributed by atoms with Gasteiger partial charge in [-0.2, -0.15) is 5.10 Å². The summed E-state index contributed by atoms with van der Waals surface area (Å²) in [7, 11) is 2.74. The van der Waals surface area contributed by atoms with Crippen molar-refractivity contribution in [3.63, 3.8) is 0 Å². The van der Waals surface area contributed by atoms with Crippen LogP contribution in [0.15, 0.2) is 58.3 Å². The number of hydrogen-bond donors (Lipinski definition) is 8. The third-order valence-electron chi connectivity index (χ3n) is 16.1. The molecular formula is C59H73FN6O16. The minimum absolute atomic E-state index is 0.0313. The minimum atomic E-state index is -2.18. The van der Waals surface area contributed by atoms with Crippen LogP contribution < -0.4 is 30.9 Å². The summed E-state index contributed by atoms with van der Waals surface area (Å²) in [5.41, 5.74) is 4.49. The number of nitrogens with zero attached hydrogens (tertiary/aromatic N) is 4. The number of aromatic nitrogens is 1. The van der Waals surface area contributed by atoms with E-state index in [1.165, 1.54) is 72.6 Å². The zero-order valence-electron chi connectivity index (χ0n) is 47.7. The number of anilines is 2. The molecule has 1 saturated heterocycles. The average Bonchev–Trinajstić information content (AvgIpc) is 4.07. The molecule has 1 aromatic heterocycles. The number of aliphatic hydroxyl groups is 2. The van der Waals surface area contributed by atoms with Gasteiger partial charge in [0.2, 0.25) is 5.43 Å². The van der Waals surface area contributed by atoms with E-state index in [-0.39, 0.29) is 87.3 Å². The van der Waals surface area contributed by atoms with Gasteiger partial charge in [-0.1, -0.05) is 52.8 Å². The number of aliphatic hydroxyl groups excluding tert-OH is 2. The highest BCUT2D eigenvalue weighted by Crippen LogP contribution is 2.55. The number of halogens is 1. The molecule has 0 spiro atoms. The van der Waals surface area contributed by atoms with Crippen LogP contribution in [0, 0.1) is 36.4 Å². The van der Waals surface area contributed by atoms with Crippen molar-refractivity contribution in [1.29, 1.82) is 0 Å². The summed E-state index contributed by atoms with van der Waals surface area (Å²) in [5, 5.41) is 78.1. The number of methoxy groups -OCH3 is 2. The van der Waals surface area contributed by atoms with Crippen LogP contribution in [-0.4, -0.2) is 146 Å². The molecule has 82 heavy (non-hydrogen) atoms. The number of aromatic hydroxyl groups is 3. The lowest BCUT2D eigenvalue weighted by atomic mass is 9.81. The van der Waals surface area contributed by atoms with E-state index in [1.807, 2.05) is 13.8 Å². The molecule has 4 aliphatic heterocycles. The van der Waals surface area contributed by atoms with Gasteiger partial charge in [-0.05, 0) is 51.2 Å². The monoisotopic (exact) mass is 1140 g/mol. The van der Waals surface area contributed by atoms with E-state index < -0.39 is 129 Å². The number of carbonyl (C=O) groups excluding carboxylic acids is 3. The molecule has 4 aromatic rings. The number of carbonyl (C=O) groups is 4. The Morgan fingerprint density at radius 1 is 1.01 bits per heavy atom. The highest BCUT2D eigenvalue weighted by Gasteiger charge is 2.50. The summed E-state index contributed by atoms with van der Waals surface area (Å²) in [6.45, 7) is 14.9. The van der Waals surface area contributed by atoms with Gasteiger partial charge in [0.05, 0.1) is 83.1 Å². The molecule has 1 amide bonds. The number of ketones is 1. The Hall–Kier alpha value is -7.73. The summed E-state index contributed by atoms with van der Waals surface area (Å²) >= 11 is 0. The molecule has 0 radical (unpaired) electrons. The number of nitrogens with two attached hydrogens (primary N) is 1. The highest BCUT2D eigenvalue weighted by molar-refractivity contribution is 6.24. The van der Waals surface area contributed by atoms with Crippen LogP contribution in [0.25, 0.3) is 21.7 Å². The number of rotatable bonds is 11. The lowest BCUT2D eigenvalue weighted by molar-refractivity contribution is -0.159. The molecule has 2 fully saturated rings. The number of benzene rings is 3. The normalized spacial score (nSPS) is 27.8. The summed E-state index contributed by atoms with van der Waals surface area (Å²) < 4.78 is 47.9. The van der Waals surface area contributed by atoms with E-state index in [4.69, 9.17) is 34.5 Å². The fourth-order valence-corrected chi connectivity index (χ4v) is 11.3. The van der Waals surface area contributed by atoms with Crippen molar-refractivity contribution in [3.8, 4) is 28.7 Å². The van der Waals surface area contributed by atoms with Gasteiger partial charge in [0.1, 0.15) is 34.6 Å². The molecule has 9 rings (SSSR count). The van der Waals surface area contributed by atoms with Gasteiger partial charge in [0, 0.05) is 87.1 Å². The van der Waals surface area contributed by atoms with Gasteiger partial charge >= 0.3 is 17.7 Å². The van der Waals surface area contributed by atoms with E-state index in [9.17, 15) is 54.6 Å². The highest BCUT2D eigenvalue weighted by atomic mass is 19.1. The van der Waals surface area contributed by atoms with E-state index in [1.54, 1.807) is 41.3 Å². The predicted molar refractivity (Wildman–Crippen MR) is 302 cm³/mol. The lowest BCUT2D eigenvalue weighted by Crippen LogP contribution is -2.53. The van der Waals surface area contributed by atoms with Crippen LogP contribution in [0.3, 0.4) is 0 Å². The number of aromatic carboxylic acids is 1. The third kappa shape index (κ3) is 11.2. The van der Waals surface area contributed by atoms with Gasteiger partial charge in [0.25, 0.3) is 11.7 Å². The van der Waals surface area contributed by atoms with Crippen molar-refractivity contribution >= 4 is 62.9 Å². The fraction of sp³-hybridized carbons (Fsp3) is 0.492. The number of phenols is 3. The smallest absolute Gasteiger partial charge is 0.341 e. The number of nitrogens with one attached hydrogen (secondary N) is 1. The van der Waals surface area contributed by atoms with Crippen LogP contribution in [0.4, 0.5) is 15.8 Å². The zero-order valence-corrected chi connectivity index (χ0v) is 47.7. The Kier molecular flexibility index (Phi) is 17.4. The lowest BCUT2D eigenvalue weighted by Gasteiger charge is -2.37. The topological polar surface area (TPSA) is 315 Å². The first-order chi connectivity index (χ1) is 38.7. The molecule has 3 aromatic carbocycles. The summed E-state index contributed by atoms with van der Waals surface area (Å²) in [5.74, 6) is -11.3. The molecule has 22 nitrogen and oxygen atoms in total. The SMILES string of the molecule is COc1c(N2CCC(N(CC(C)C)/N=C/c3c4c(O)c5c(O)c(C)c6c(c5c3O)C(=O)[C@@](C)(O/C=C/[C@H](OC)[C@@H](C)[C@@H](OC(C)=O)[C@H](C)[C@H](O)[C@H](N)[C@@H](O)[C@@H](C)/C=C/C=C(/C)C(=O)N4)O6)C2)c(F)cc2c(=O)c(C(=O)O)cn(C3CC3)c12. The van der Waals surface area contributed by atoms with Gasteiger partial charge in [-0.15, -0.1) is 0 Å². The molecule has 10 atom stereocenters. The Morgan fingerprint density at radius 3 is 2.33 bits per heavy atom. The first-order valence-electron chi connectivity index (χ1n) is 27.2.